The van der Waals surface area contributed by atoms with Crippen LogP contribution in [0.2, 0.25) is 0 Å². The van der Waals surface area contributed by atoms with Crippen molar-refractivity contribution in [3.8, 4) is 0 Å². The van der Waals surface area contributed by atoms with Crippen LogP contribution in [0.1, 0.15) is 19.3 Å². The van der Waals surface area contributed by atoms with Gasteiger partial charge in [0.05, 0.1) is 12.2 Å². The lowest BCUT2D eigenvalue weighted by molar-refractivity contribution is -0.120. The molecule has 0 heterocycles. The molecule has 2 rings (SSSR count). The third-order valence-electron chi connectivity index (χ3n) is 3.67. The lowest BCUT2D eigenvalue weighted by atomic mass is 10.2. The average Bonchev–Trinajstić information content (AvgIpc) is 3.28. The molecule has 1 aromatic carbocycles. The van der Waals surface area contributed by atoms with Gasteiger partial charge in [-0.25, -0.2) is 4.39 Å². The largest absolute Gasteiger partial charge is 0.372 e. The standard InChI is InChI=1S/C16H24FN3O.2ClH/c1-20(15-6-3-2-5-14(15)17)10-4-9-19-16(21)12-18-11-13-7-8-13;;/h2-3,5-6,13,18H,4,7-12H2,1H3,(H,19,21);2*1H. The van der Waals surface area contributed by atoms with E-state index >= 15 is 0 Å². The molecule has 23 heavy (non-hydrogen) atoms. The first kappa shape index (κ1) is 22.0. The van der Waals surface area contributed by atoms with Crippen molar-refractivity contribution in [2.75, 3.05) is 38.1 Å². The highest BCUT2D eigenvalue weighted by Gasteiger charge is 2.20. The van der Waals surface area contributed by atoms with Crippen molar-refractivity contribution >= 4 is 36.4 Å². The summed E-state index contributed by atoms with van der Waals surface area (Å²) in [5.74, 6) is 0.602. The number of benzene rings is 1. The van der Waals surface area contributed by atoms with Crippen LogP contribution in [0.5, 0.6) is 0 Å². The minimum atomic E-state index is -0.215. The Kier molecular flexibility index (Phi) is 11.0. The fourth-order valence-electron chi connectivity index (χ4n) is 2.20. The van der Waals surface area contributed by atoms with Crippen molar-refractivity contribution in [3.63, 3.8) is 0 Å². The minimum absolute atomic E-state index is 0. The van der Waals surface area contributed by atoms with Gasteiger partial charge in [0, 0.05) is 20.1 Å². The van der Waals surface area contributed by atoms with E-state index in [9.17, 15) is 9.18 Å². The third-order valence-corrected chi connectivity index (χ3v) is 3.67. The maximum Gasteiger partial charge on any atom is 0.233 e. The molecule has 0 aliphatic heterocycles. The highest BCUT2D eigenvalue weighted by atomic mass is 35.5. The van der Waals surface area contributed by atoms with Gasteiger partial charge in [-0.3, -0.25) is 4.79 Å². The molecule has 4 nitrogen and oxygen atoms in total. The van der Waals surface area contributed by atoms with Gasteiger partial charge >= 0.3 is 0 Å². The van der Waals surface area contributed by atoms with Crippen LogP contribution in [0.3, 0.4) is 0 Å². The van der Waals surface area contributed by atoms with E-state index in [0.29, 0.717) is 25.3 Å². The fourth-order valence-corrected chi connectivity index (χ4v) is 2.20. The zero-order valence-electron chi connectivity index (χ0n) is 13.4. The number of carbonyl (C=O) groups excluding carboxylic acids is 1. The van der Waals surface area contributed by atoms with E-state index < -0.39 is 0 Å². The lowest BCUT2D eigenvalue weighted by Gasteiger charge is -2.19. The molecular formula is C16H26Cl2FN3O. The summed E-state index contributed by atoms with van der Waals surface area (Å²) < 4.78 is 13.6. The summed E-state index contributed by atoms with van der Waals surface area (Å²) in [6.45, 7) is 2.66. The molecule has 132 valence electrons. The molecule has 2 N–H and O–H groups in total. The Morgan fingerprint density at radius 2 is 2.00 bits per heavy atom. The van der Waals surface area contributed by atoms with Gasteiger partial charge in [-0.05, 0) is 43.9 Å². The number of carbonyl (C=O) groups is 1. The van der Waals surface area contributed by atoms with E-state index in [-0.39, 0.29) is 36.5 Å². The second kappa shape index (κ2) is 11.5. The first-order valence-corrected chi connectivity index (χ1v) is 7.60. The van der Waals surface area contributed by atoms with Crippen molar-refractivity contribution in [2.45, 2.75) is 19.3 Å². The van der Waals surface area contributed by atoms with Crippen LogP contribution < -0.4 is 15.5 Å². The van der Waals surface area contributed by atoms with Crippen molar-refractivity contribution in [1.82, 2.24) is 10.6 Å². The normalized spacial score (nSPS) is 12.8. The maximum absolute atomic E-state index is 13.6. The molecular weight excluding hydrogens is 340 g/mol. The molecule has 1 aliphatic carbocycles. The molecule has 0 unspecified atom stereocenters. The Bertz CT molecular complexity index is 472. The van der Waals surface area contributed by atoms with Crippen molar-refractivity contribution < 1.29 is 9.18 Å². The zero-order valence-corrected chi connectivity index (χ0v) is 15.0. The number of anilines is 1. The number of nitrogens with one attached hydrogen (secondary N) is 2. The predicted molar refractivity (Wildman–Crippen MR) is 97.4 cm³/mol. The number of nitrogens with zero attached hydrogens (tertiary/aromatic N) is 1. The molecule has 0 aromatic heterocycles. The topological polar surface area (TPSA) is 44.4 Å². The second-order valence-corrected chi connectivity index (χ2v) is 5.65. The smallest absolute Gasteiger partial charge is 0.233 e. The van der Waals surface area contributed by atoms with Crippen LogP contribution in [0.25, 0.3) is 0 Å². The Morgan fingerprint density at radius 3 is 2.65 bits per heavy atom. The van der Waals surface area contributed by atoms with Gasteiger partial charge in [0.15, 0.2) is 0 Å². The van der Waals surface area contributed by atoms with Gasteiger partial charge in [0.25, 0.3) is 0 Å². The maximum atomic E-state index is 13.6. The quantitative estimate of drug-likeness (QED) is 0.661. The summed E-state index contributed by atoms with van der Waals surface area (Å²) in [5.41, 5.74) is 0.593. The monoisotopic (exact) mass is 365 g/mol. The van der Waals surface area contributed by atoms with E-state index in [1.165, 1.54) is 18.9 Å². The molecule has 7 heteroatoms. The Morgan fingerprint density at radius 1 is 1.30 bits per heavy atom. The summed E-state index contributed by atoms with van der Waals surface area (Å²) in [4.78, 5) is 13.4. The molecule has 0 radical (unpaired) electrons. The van der Waals surface area contributed by atoms with Crippen LogP contribution in [0.15, 0.2) is 24.3 Å². The number of halogens is 3. The van der Waals surface area contributed by atoms with E-state index in [1.807, 2.05) is 18.0 Å². The van der Waals surface area contributed by atoms with Gasteiger partial charge in [-0.15, -0.1) is 24.8 Å². The molecule has 1 aromatic rings. The first-order valence-electron chi connectivity index (χ1n) is 7.60. The first-order chi connectivity index (χ1) is 10.2. The summed E-state index contributed by atoms with van der Waals surface area (Å²) in [6.07, 6.45) is 3.37. The second-order valence-electron chi connectivity index (χ2n) is 5.65. The Labute approximate surface area is 150 Å². The SMILES string of the molecule is CN(CCCNC(=O)CNCC1CC1)c1ccccc1F.Cl.Cl. The Hall–Kier alpha value is -1.04. The Balaban J connectivity index is 0.00000242. The van der Waals surface area contributed by atoms with Crippen molar-refractivity contribution in [2.24, 2.45) is 5.92 Å². The van der Waals surface area contributed by atoms with Crippen LogP contribution >= 0.6 is 24.8 Å². The van der Waals surface area contributed by atoms with Gasteiger partial charge in [-0.2, -0.15) is 0 Å². The number of hydrogen-bond acceptors (Lipinski definition) is 3. The van der Waals surface area contributed by atoms with E-state index in [4.69, 9.17) is 0 Å². The molecule has 1 saturated carbocycles. The lowest BCUT2D eigenvalue weighted by Crippen LogP contribution is -2.36. The van der Waals surface area contributed by atoms with Crippen LogP contribution in [0.4, 0.5) is 10.1 Å². The van der Waals surface area contributed by atoms with Gasteiger partial charge in [-0.1, -0.05) is 12.1 Å². The molecule has 1 amide bonds. The molecule has 1 aliphatic rings. The van der Waals surface area contributed by atoms with Gasteiger partial charge < -0.3 is 15.5 Å². The summed E-state index contributed by atoms with van der Waals surface area (Å²) in [7, 11) is 1.86. The highest BCUT2D eigenvalue weighted by Crippen LogP contribution is 2.27. The molecule has 0 atom stereocenters. The van der Waals surface area contributed by atoms with Crippen LogP contribution in [-0.4, -0.2) is 39.1 Å². The van der Waals surface area contributed by atoms with Crippen LogP contribution in [-0.2, 0) is 4.79 Å². The van der Waals surface area contributed by atoms with E-state index in [0.717, 1.165) is 18.9 Å². The van der Waals surface area contributed by atoms with Gasteiger partial charge in [0.2, 0.25) is 5.91 Å². The minimum Gasteiger partial charge on any atom is -0.372 e. The van der Waals surface area contributed by atoms with Crippen LogP contribution in [0, 0.1) is 11.7 Å². The average molecular weight is 366 g/mol. The number of hydrogen-bond donors (Lipinski definition) is 2. The summed E-state index contributed by atoms with van der Waals surface area (Å²) in [6, 6.07) is 6.72. The molecule has 0 bridgehead atoms. The number of rotatable bonds is 9. The zero-order chi connectivity index (χ0) is 15.1. The van der Waals surface area contributed by atoms with Gasteiger partial charge in [0.1, 0.15) is 5.82 Å². The third kappa shape index (κ3) is 8.39. The summed E-state index contributed by atoms with van der Waals surface area (Å²) in [5, 5.41) is 6.03. The molecule has 0 spiro atoms. The number of amides is 1. The van der Waals surface area contributed by atoms with E-state index in [2.05, 4.69) is 10.6 Å². The molecule has 1 fully saturated rings. The highest BCUT2D eigenvalue weighted by molar-refractivity contribution is 5.85. The van der Waals surface area contributed by atoms with Crippen molar-refractivity contribution in [3.05, 3.63) is 30.1 Å². The van der Waals surface area contributed by atoms with Crippen molar-refractivity contribution in [1.29, 1.82) is 0 Å². The predicted octanol–water partition coefficient (Wildman–Crippen LogP) is 2.61. The molecule has 0 saturated heterocycles. The summed E-state index contributed by atoms with van der Waals surface area (Å²) >= 11 is 0. The number of para-hydroxylation sites is 1. The fraction of sp³-hybridized carbons (Fsp3) is 0.562. The van der Waals surface area contributed by atoms with E-state index in [1.54, 1.807) is 12.1 Å².